The molecule has 51 heavy (non-hydrogen) atoms. The van der Waals surface area contributed by atoms with Gasteiger partial charge in [-0.25, -0.2) is 0 Å². The molecule has 0 radical (unpaired) electrons. The molecule has 2 aromatic heterocycles. The zero-order chi connectivity index (χ0) is 33.5. The predicted octanol–water partition coefficient (Wildman–Crippen LogP) is 14.6. The fraction of sp³-hybridized carbons (Fsp3) is 0. The standard InChI is InChI=1S/C48H29NOS/c1-2-10-33-26-36(17-16-30(33)8-1)31-18-20-37(21-19-31)49(43-15-7-13-32-9-5-6-14-39(32)43)38-22-24-44-42(29-38)47-45(50-44)25-23-40-41-27-34-11-3-4-12-35(34)28-46(41)51-48(40)47/h1-29H. The van der Waals surface area contributed by atoms with Crippen molar-refractivity contribution in [3.8, 4) is 11.1 Å². The molecule has 0 aliphatic rings. The van der Waals surface area contributed by atoms with Crippen molar-refractivity contribution in [1.29, 1.82) is 0 Å². The molecule has 0 fully saturated rings. The summed E-state index contributed by atoms with van der Waals surface area (Å²) in [7, 11) is 0. The predicted molar refractivity (Wildman–Crippen MR) is 219 cm³/mol. The first-order valence-corrected chi connectivity index (χ1v) is 18.1. The fourth-order valence-corrected chi connectivity index (χ4v) is 9.19. The second-order valence-corrected chi connectivity index (χ2v) is 14.4. The van der Waals surface area contributed by atoms with E-state index in [1.165, 1.54) is 69.0 Å². The van der Waals surface area contributed by atoms with Crippen LogP contribution in [0.3, 0.4) is 0 Å². The number of fused-ring (bicyclic) bond motifs is 10. The van der Waals surface area contributed by atoms with Crippen LogP contribution in [0.5, 0.6) is 0 Å². The van der Waals surface area contributed by atoms with E-state index < -0.39 is 0 Å². The maximum Gasteiger partial charge on any atom is 0.136 e. The van der Waals surface area contributed by atoms with Gasteiger partial charge in [-0.1, -0.05) is 109 Å². The van der Waals surface area contributed by atoms with Gasteiger partial charge in [0, 0.05) is 47.7 Å². The van der Waals surface area contributed by atoms with Crippen molar-refractivity contribution < 1.29 is 4.42 Å². The highest BCUT2D eigenvalue weighted by Gasteiger charge is 2.20. The van der Waals surface area contributed by atoms with Crippen LogP contribution in [-0.4, -0.2) is 0 Å². The van der Waals surface area contributed by atoms with E-state index in [1.54, 1.807) is 0 Å². The van der Waals surface area contributed by atoms with E-state index in [2.05, 4.69) is 181 Å². The van der Waals surface area contributed by atoms with Gasteiger partial charge in [-0.15, -0.1) is 11.3 Å². The van der Waals surface area contributed by atoms with Gasteiger partial charge >= 0.3 is 0 Å². The molecule has 238 valence electrons. The summed E-state index contributed by atoms with van der Waals surface area (Å²) in [4.78, 5) is 2.39. The van der Waals surface area contributed by atoms with Crippen LogP contribution in [0, 0.1) is 0 Å². The van der Waals surface area contributed by atoms with E-state index in [0.29, 0.717) is 0 Å². The number of benzene rings is 9. The Kier molecular flexibility index (Phi) is 6.16. The van der Waals surface area contributed by atoms with Crippen LogP contribution in [-0.2, 0) is 0 Å². The number of nitrogens with zero attached hydrogens (tertiary/aromatic N) is 1. The van der Waals surface area contributed by atoms with Crippen molar-refractivity contribution in [2.24, 2.45) is 0 Å². The Morgan fingerprint density at radius 1 is 0.392 bits per heavy atom. The molecule has 0 N–H and O–H groups in total. The summed E-state index contributed by atoms with van der Waals surface area (Å²) >= 11 is 1.86. The minimum Gasteiger partial charge on any atom is -0.456 e. The Bertz CT molecular complexity index is 3140. The lowest BCUT2D eigenvalue weighted by Crippen LogP contribution is -2.10. The number of hydrogen-bond donors (Lipinski definition) is 0. The molecule has 2 nitrogen and oxygen atoms in total. The second kappa shape index (κ2) is 11.0. The fourth-order valence-electron chi connectivity index (χ4n) is 7.91. The van der Waals surface area contributed by atoms with Gasteiger partial charge in [-0.05, 0) is 105 Å². The Morgan fingerprint density at radius 2 is 1.06 bits per heavy atom. The van der Waals surface area contributed by atoms with E-state index in [1.807, 2.05) is 11.3 Å². The maximum absolute atomic E-state index is 6.53. The topological polar surface area (TPSA) is 16.4 Å². The lowest BCUT2D eigenvalue weighted by Gasteiger charge is -2.27. The summed E-state index contributed by atoms with van der Waals surface area (Å²) < 4.78 is 9.10. The van der Waals surface area contributed by atoms with E-state index in [4.69, 9.17) is 4.42 Å². The van der Waals surface area contributed by atoms with Crippen molar-refractivity contribution in [3.05, 3.63) is 176 Å². The molecule has 3 heteroatoms. The van der Waals surface area contributed by atoms with Crippen LogP contribution in [0.4, 0.5) is 17.1 Å². The van der Waals surface area contributed by atoms with Gasteiger partial charge in [0.1, 0.15) is 11.2 Å². The average molecular weight is 668 g/mol. The zero-order valence-electron chi connectivity index (χ0n) is 27.5. The first-order chi connectivity index (χ1) is 25.2. The van der Waals surface area contributed by atoms with Crippen LogP contribution >= 0.6 is 11.3 Å². The zero-order valence-corrected chi connectivity index (χ0v) is 28.3. The van der Waals surface area contributed by atoms with Crippen molar-refractivity contribution in [2.75, 3.05) is 4.90 Å². The Balaban J connectivity index is 1.12. The molecule has 2 heterocycles. The molecule has 0 spiro atoms. The SMILES string of the molecule is c1ccc2cc(-c3ccc(N(c4ccc5oc6ccc7c8cc9ccccc9cc8sc7c6c5c4)c4cccc5ccccc45)cc3)ccc2c1. The molecule has 0 unspecified atom stereocenters. The number of rotatable bonds is 4. The van der Waals surface area contributed by atoms with E-state index in [0.717, 1.165) is 33.6 Å². The van der Waals surface area contributed by atoms with Gasteiger partial charge in [-0.3, -0.25) is 0 Å². The molecule has 0 amide bonds. The highest BCUT2D eigenvalue weighted by molar-refractivity contribution is 7.26. The first-order valence-electron chi connectivity index (χ1n) is 17.3. The van der Waals surface area contributed by atoms with Gasteiger partial charge in [-0.2, -0.15) is 0 Å². The molecule has 0 aliphatic heterocycles. The molecule has 0 aliphatic carbocycles. The third kappa shape index (κ3) is 4.49. The van der Waals surface area contributed by atoms with Crippen LogP contribution in [0.1, 0.15) is 0 Å². The lowest BCUT2D eigenvalue weighted by molar-refractivity contribution is 0.669. The van der Waals surface area contributed by atoms with Gasteiger partial charge in [0.25, 0.3) is 0 Å². The highest BCUT2D eigenvalue weighted by Crippen LogP contribution is 2.46. The quantitative estimate of drug-likeness (QED) is 0.186. The highest BCUT2D eigenvalue weighted by atomic mass is 32.1. The second-order valence-electron chi connectivity index (χ2n) is 13.3. The molecule has 0 atom stereocenters. The Labute approximate surface area is 298 Å². The molecule has 0 saturated heterocycles. The summed E-state index contributed by atoms with van der Waals surface area (Å²) in [5, 5.41) is 12.3. The molecule has 9 aromatic carbocycles. The van der Waals surface area contributed by atoms with E-state index in [9.17, 15) is 0 Å². The molecular formula is C48H29NOS. The van der Waals surface area contributed by atoms with Crippen molar-refractivity contribution in [2.45, 2.75) is 0 Å². The van der Waals surface area contributed by atoms with Gasteiger partial charge in [0.05, 0.1) is 5.69 Å². The summed E-state index contributed by atoms with van der Waals surface area (Å²) in [6.45, 7) is 0. The number of hydrogen-bond acceptors (Lipinski definition) is 3. The summed E-state index contributed by atoms with van der Waals surface area (Å²) in [5.41, 5.74) is 7.54. The Morgan fingerprint density at radius 3 is 1.90 bits per heavy atom. The largest absolute Gasteiger partial charge is 0.456 e. The molecular weight excluding hydrogens is 639 g/mol. The van der Waals surface area contributed by atoms with Gasteiger partial charge < -0.3 is 9.32 Å². The van der Waals surface area contributed by atoms with Crippen LogP contribution < -0.4 is 4.90 Å². The number of furan rings is 1. The third-order valence-electron chi connectivity index (χ3n) is 10.4. The number of thiophene rings is 1. The number of anilines is 3. The van der Waals surface area contributed by atoms with Crippen LogP contribution in [0.25, 0.3) is 85.6 Å². The van der Waals surface area contributed by atoms with Gasteiger partial charge in [0.15, 0.2) is 0 Å². The third-order valence-corrected chi connectivity index (χ3v) is 11.6. The summed E-state index contributed by atoms with van der Waals surface area (Å²) in [6, 6.07) is 63.8. The van der Waals surface area contributed by atoms with Crippen LogP contribution in [0.15, 0.2) is 180 Å². The van der Waals surface area contributed by atoms with Crippen LogP contribution in [0.2, 0.25) is 0 Å². The molecule has 11 rings (SSSR count). The van der Waals surface area contributed by atoms with Gasteiger partial charge in [0.2, 0.25) is 0 Å². The van der Waals surface area contributed by atoms with Crippen molar-refractivity contribution in [1.82, 2.24) is 0 Å². The first kappa shape index (κ1) is 28.4. The minimum atomic E-state index is 0.897. The Hall–Kier alpha value is -6.42. The van der Waals surface area contributed by atoms with E-state index in [-0.39, 0.29) is 0 Å². The van der Waals surface area contributed by atoms with Crippen molar-refractivity contribution >= 4 is 103 Å². The smallest absolute Gasteiger partial charge is 0.136 e. The molecule has 0 saturated carbocycles. The monoisotopic (exact) mass is 667 g/mol. The minimum absolute atomic E-state index is 0.897. The van der Waals surface area contributed by atoms with E-state index >= 15 is 0 Å². The average Bonchev–Trinajstić information content (AvgIpc) is 3.74. The normalized spacial score (nSPS) is 11.9. The van der Waals surface area contributed by atoms with Crippen molar-refractivity contribution in [3.63, 3.8) is 0 Å². The maximum atomic E-state index is 6.53. The molecule has 0 bridgehead atoms. The lowest BCUT2D eigenvalue weighted by atomic mass is 10.0. The summed E-state index contributed by atoms with van der Waals surface area (Å²) in [6.07, 6.45) is 0. The molecule has 11 aromatic rings. The summed E-state index contributed by atoms with van der Waals surface area (Å²) in [5.74, 6) is 0.